The molecule has 0 saturated carbocycles. The SMILES string of the molecule is O=C(O)C(=O)c1cc(O)ccc1[N+](=O)[O-]. The molecule has 7 nitrogen and oxygen atoms in total. The third kappa shape index (κ3) is 2.08. The lowest BCUT2D eigenvalue weighted by Gasteiger charge is -1.99. The van der Waals surface area contributed by atoms with Gasteiger partial charge >= 0.3 is 5.97 Å². The summed E-state index contributed by atoms with van der Waals surface area (Å²) in [6.07, 6.45) is 0. The van der Waals surface area contributed by atoms with Crippen molar-refractivity contribution in [2.75, 3.05) is 0 Å². The number of phenolic OH excluding ortho intramolecular Hbond substituents is 1. The largest absolute Gasteiger partial charge is 0.508 e. The van der Waals surface area contributed by atoms with E-state index in [1.54, 1.807) is 0 Å². The zero-order valence-corrected chi connectivity index (χ0v) is 7.21. The minimum Gasteiger partial charge on any atom is -0.508 e. The number of nitrogens with zero attached hydrogens (tertiary/aromatic N) is 1. The Balaban J connectivity index is 3.37. The molecular formula is C8H5NO6. The molecule has 0 aliphatic rings. The van der Waals surface area contributed by atoms with Gasteiger partial charge in [-0.25, -0.2) is 4.79 Å². The van der Waals surface area contributed by atoms with Crippen LogP contribution in [0.2, 0.25) is 0 Å². The number of hydrogen-bond acceptors (Lipinski definition) is 5. The van der Waals surface area contributed by atoms with Crippen LogP contribution in [0.3, 0.4) is 0 Å². The number of carbonyl (C=O) groups is 2. The Morgan fingerprint density at radius 1 is 1.33 bits per heavy atom. The smallest absolute Gasteiger partial charge is 0.377 e. The molecule has 0 unspecified atom stereocenters. The van der Waals surface area contributed by atoms with Crippen LogP contribution in [0.15, 0.2) is 18.2 Å². The van der Waals surface area contributed by atoms with E-state index < -0.39 is 33.7 Å². The van der Waals surface area contributed by atoms with Crippen LogP contribution in [0, 0.1) is 10.1 Å². The summed E-state index contributed by atoms with van der Waals surface area (Å²) >= 11 is 0. The summed E-state index contributed by atoms with van der Waals surface area (Å²) < 4.78 is 0. The van der Waals surface area contributed by atoms with Crippen molar-refractivity contribution >= 4 is 17.4 Å². The van der Waals surface area contributed by atoms with Gasteiger partial charge in [0, 0.05) is 6.07 Å². The zero-order chi connectivity index (χ0) is 11.6. The van der Waals surface area contributed by atoms with Crippen molar-refractivity contribution in [2.45, 2.75) is 0 Å². The third-order valence-corrected chi connectivity index (χ3v) is 1.62. The number of nitro benzene ring substituents is 1. The molecule has 0 bridgehead atoms. The lowest BCUT2D eigenvalue weighted by molar-refractivity contribution is -0.385. The maximum Gasteiger partial charge on any atom is 0.377 e. The van der Waals surface area contributed by atoms with E-state index in [2.05, 4.69) is 0 Å². The van der Waals surface area contributed by atoms with E-state index >= 15 is 0 Å². The van der Waals surface area contributed by atoms with E-state index in [1.807, 2.05) is 0 Å². The summed E-state index contributed by atoms with van der Waals surface area (Å²) in [5.41, 5.74) is -1.30. The van der Waals surface area contributed by atoms with Crippen molar-refractivity contribution in [3.8, 4) is 5.75 Å². The molecule has 0 amide bonds. The van der Waals surface area contributed by atoms with E-state index in [0.29, 0.717) is 0 Å². The van der Waals surface area contributed by atoms with Gasteiger partial charge in [-0.15, -0.1) is 0 Å². The normalized spacial score (nSPS) is 9.60. The summed E-state index contributed by atoms with van der Waals surface area (Å²) in [5, 5.41) is 27.8. The molecule has 0 spiro atoms. The molecule has 0 aliphatic heterocycles. The summed E-state index contributed by atoms with van der Waals surface area (Å²) in [7, 11) is 0. The van der Waals surface area contributed by atoms with Crippen LogP contribution >= 0.6 is 0 Å². The van der Waals surface area contributed by atoms with Gasteiger partial charge in [0.05, 0.1) is 4.92 Å². The van der Waals surface area contributed by atoms with E-state index in [4.69, 9.17) is 10.2 Å². The Kier molecular flexibility index (Phi) is 2.65. The minimum atomic E-state index is -1.82. The summed E-state index contributed by atoms with van der Waals surface area (Å²) in [4.78, 5) is 30.9. The number of benzene rings is 1. The summed E-state index contributed by atoms with van der Waals surface area (Å²) in [6, 6.07) is 2.61. The molecule has 0 aliphatic carbocycles. The summed E-state index contributed by atoms with van der Waals surface area (Å²) in [6.45, 7) is 0. The molecule has 1 aromatic carbocycles. The first-order chi connectivity index (χ1) is 6.93. The van der Waals surface area contributed by atoms with Crippen molar-refractivity contribution in [2.24, 2.45) is 0 Å². The lowest BCUT2D eigenvalue weighted by Crippen LogP contribution is -2.14. The standard InChI is InChI=1S/C8H5NO6/c10-4-1-2-6(9(14)15)5(3-4)7(11)8(12)13/h1-3,10H,(H,12,13). The van der Waals surface area contributed by atoms with E-state index in [-0.39, 0.29) is 0 Å². The quantitative estimate of drug-likeness (QED) is 0.326. The van der Waals surface area contributed by atoms with Crippen LogP contribution in [0.5, 0.6) is 5.75 Å². The lowest BCUT2D eigenvalue weighted by atomic mass is 10.1. The van der Waals surface area contributed by atoms with Gasteiger partial charge < -0.3 is 10.2 Å². The predicted octanol–water partition coefficient (Wildman–Crippen LogP) is 0.568. The van der Waals surface area contributed by atoms with E-state index in [0.717, 1.165) is 18.2 Å². The molecule has 15 heavy (non-hydrogen) atoms. The second-order valence-corrected chi connectivity index (χ2v) is 2.59. The molecule has 78 valence electrons. The Morgan fingerprint density at radius 2 is 1.93 bits per heavy atom. The molecule has 2 N–H and O–H groups in total. The predicted molar refractivity (Wildman–Crippen MR) is 46.7 cm³/mol. The maximum absolute atomic E-state index is 11.0. The highest BCUT2D eigenvalue weighted by Crippen LogP contribution is 2.23. The van der Waals surface area contributed by atoms with Crippen LogP contribution in [-0.2, 0) is 4.79 Å². The first-order valence-corrected chi connectivity index (χ1v) is 3.68. The number of aliphatic carboxylic acids is 1. The maximum atomic E-state index is 11.0. The number of carboxylic acids is 1. The molecule has 0 heterocycles. The van der Waals surface area contributed by atoms with Crippen molar-refractivity contribution in [3.63, 3.8) is 0 Å². The highest BCUT2D eigenvalue weighted by molar-refractivity contribution is 6.40. The fourth-order valence-corrected chi connectivity index (χ4v) is 0.980. The van der Waals surface area contributed by atoms with Gasteiger partial charge in [-0.1, -0.05) is 0 Å². The van der Waals surface area contributed by atoms with Crippen LogP contribution in [0.4, 0.5) is 5.69 Å². The first-order valence-electron chi connectivity index (χ1n) is 3.68. The Labute approximate surface area is 82.7 Å². The van der Waals surface area contributed by atoms with Gasteiger partial charge in [-0.05, 0) is 12.1 Å². The van der Waals surface area contributed by atoms with Gasteiger partial charge in [-0.2, -0.15) is 0 Å². The fourth-order valence-electron chi connectivity index (χ4n) is 0.980. The summed E-state index contributed by atoms with van der Waals surface area (Å²) in [5.74, 6) is -3.66. The number of rotatable bonds is 3. The topological polar surface area (TPSA) is 118 Å². The molecule has 0 radical (unpaired) electrons. The van der Waals surface area contributed by atoms with Crippen LogP contribution in [0.1, 0.15) is 10.4 Å². The third-order valence-electron chi connectivity index (χ3n) is 1.62. The number of phenols is 1. The molecule has 1 aromatic rings. The number of hydrogen-bond donors (Lipinski definition) is 2. The van der Waals surface area contributed by atoms with Gasteiger partial charge in [0.1, 0.15) is 11.3 Å². The van der Waals surface area contributed by atoms with Crippen molar-refractivity contribution in [1.82, 2.24) is 0 Å². The van der Waals surface area contributed by atoms with Crippen LogP contribution < -0.4 is 0 Å². The first kappa shape index (κ1) is 10.6. The number of ketones is 1. The van der Waals surface area contributed by atoms with Crippen molar-refractivity contribution in [3.05, 3.63) is 33.9 Å². The average molecular weight is 211 g/mol. The molecule has 0 atom stereocenters. The van der Waals surface area contributed by atoms with Crippen molar-refractivity contribution in [1.29, 1.82) is 0 Å². The number of carbonyl (C=O) groups excluding carboxylic acids is 1. The van der Waals surface area contributed by atoms with Gasteiger partial charge in [0.25, 0.3) is 11.5 Å². The molecule has 0 aromatic heterocycles. The molecule has 0 saturated heterocycles. The molecule has 0 fully saturated rings. The Hall–Kier alpha value is -2.44. The second kappa shape index (κ2) is 3.74. The molecule has 7 heteroatoms. The Bertz CT molecular complexity index is 452. The van der Waals surface area contributed by atoms with Crippen LogP contribution in [-0.4, -0.2) is 26.9 Å². The zero-order valence-electron chi connectivity index (χ0n) is 7.21. The number of carboxylic acid groups (broad SMARTS) is 1. The van der Waals surface area contributed by atoms with E-state index in [1.165, 1.54) is 0 Å². The van der Waals surface area contributed by atoms with Gasteiger partial charge in [0.15, 0.2) is 0 Å². The monoisotopic (exact) mass is 211 g/mol. The average Bonchev–Trinajstić information content (AvgIpc) is 2.15. The van der Waals surface area contributed by atoms with E-state index in [9.17, 15) is 19.7 Å². The van der Waals surface area contributed by atoms with Crippen molar-refractivity contribution < 1.29 is 24.7 Å². The fraction of sp³-hybridized carbons (Fsp3) is 0. The number of nitro groups is 1. The molecule has 1 rings (SSSR count). The number of Topliss-reactive ketones (excluding diaryl/α,β-unsaturated/α-hetero) is 1. The van der Waals surface area contributed by atoms with Crippen LogP contribution in [0.25, 0.3) is 0 Å². The second-order valence-electron chi connectivity index (χ2n) is 2.59. The highest BCUT2D eigenvalue weighted by Gasteiger charge is 2.25. The number of aromatic hydroxyl groups is 1. The minimum absolute atomic E-state index is 0.412. The molecular weight excluding hydrogens is 206 g/mol. The highest BCUT2D eigenvalue weighted by atomic mass is 16.6. The van der Waals surface area contributed by atoms with Gasteiger partial charge in [-0.3, -0.25) is 14.9 Å². The van der Waals surface area contributed by atoms with Gasteiger partial charge in [0.2, 0.25) is 0 Å². The Morgan fingerprint density at radius 3 is 2.40 bits per heavy atom.